The highest BCUT2D eigenvalue weighted by Crippen LogP contribution is 2.23. The molecule has 5 nitrogen and oxygen atoms in total. The van der Waals surface area contributed by atoms with Gasteiger partial charge in [0.25, 0.3) is 0 Å². The minimum absolute atomic E-state index is 0. The maximum atomic E-state index is 10.7. The van der Waals surface area contributed by atoms with Crippen molar-refractivity contribution in [3.8, 4) is 0 Å². The highest BCUT2D eigenvalue weighted by Gasteiger charge is 2.06. The smallest absolute Gasteiger partial charge is 0.357 e. The van der Waals surface area contributed by atoms with Crippen molar-refractivity contribution in [3.05, 3.63) is 42.5 Å². The second-order valence-corrected chi connectivity index (χ2v) is 4.26. The van der Waals surface area contributed by atoms with E-state index in [4.69, 9.17) is 4.55 Å². The van der Waals surface area contributed by atoms with Gasteiger partial charge in [0.15, 0.2) is 0 Å². The fourth-order valence-electron chi connectivity index (χ4n) is 1.45. The maximum absolute atomic E-state index is 10.7. The number of anilines is 1. The molecule has 0 heterocycles. The van der Waals surface area contributed by atoms with Gasteiger partial charge in [-0.2, -0.15) is 8.42 Å². The minimum Gasteiger partial charge on any atom is -0.412 e. The topological polar surface area (TPSA) is 97.9 Å². The molecule has 0 fully saturated rings. The van der Waals surface area contributed by atoms with Gasteiger partial charge in [-0.15, -0.1) is 0 Å². The molecule has 2 aromatic carbocycles. The lowest BCUT2D eigenvalue weighted by Crippen LogP contribution is -2.10. The van der Waals surface area contributed by atoms with Crippen LogP contribution in [0.1, 0.15) is 0 Å². The zero-order valence-electron chi connectivity index (χ0n) is 8.21. The van der Waals surface area contributed by atoms with Gasteiger partial charge in [-0.3, -0.25) is 9.27 Å². The van der Waals surface area contributed by atoms with E-state index in [9.17, 15) is 8.42 Å². The van der Waals surface area contributed by atoms with Crippen LogP contribution in [0.25, 0.3) is 10.8 Å². The van der Waals surface area contributed by atoms with E-state index < -0.39 is 10.3 Å². The van der Waals surface area contributed by atoms with E-state index >= 15 is 0 Å². The molecule has 0 spiro atoms. The van der Waals surface area contributed by atoms with Crippen LogP contribution in [0.15, 0.2) is 42.5 Å². The van der Waals surface area contributed by atoms with Crippen molar-refractivity contribution >= 4 is 26.8 Å². The molecule has 2 rings (SSSR count). The number of hydrogen-bond acceptors (Lipinski definition) is 2. The molecule has 0 aliphatic heterocycles. The Morgan fingerprint density at radius 1 is 1.00 bits per heavy atom. The second-order valence-electron chi connectivity index (χ2n) is 3.10. The number of rotatable bonds is 2. The summed E-state index contributed by atoms with van der Waals surface area (Å²) in [6.45, 7) is 0. The lowest BCUT2D eigenvalue weighted by atomic mass is 10.1. The molecule has 0 atom stereocenters. The molecule has 0 bridgehead atoms. The number of nitrogens with one attached hydrogen (secondary N) is 1. The molecule has 6 heteroatoms. The van der Waals surface area contributed by atoms with Gasteiger partial charge >= 0.3 is 10.3 Å². The Labute approximate surface area is 92.9 Å². The second kappa shape index (κ2) is 4.48. The van der Waals surface area contributed by atoms with E-state index in [0.29, 0.717) is 5.69 Å². The van der Waals surface area contributed by atoms with E-state index in [1.807, 2.05) is 18.2 Å². The van der Waals surface area contributed by atoms with Crippen molar-refractivity contribution < 1.29 is 18.4 Å². The van der Waals surface area contributed by atoms with Gasteiger partial charge in [0.1, 0.15) is 0 Å². The molecule has 0 aliphatic rings. The van der Waals surface area contributed by atoms with E-state index in [1.165, 1.54) is 0 Å². The first kappa shape index (κ1) is 12.4. The third-order valence-electron chi connectivity index (χ3n) is 2.03. The molecule has 16 heavy (non-hydrogen) atoms. The molecule has 4 N–H and O–H groups in total. The lowest BCUT2D eigenvalue weighted by molar-refractivity contribution is 0.490. The molecule has 86 valence electrons. The summed E-state index contributed by atoms with van der Waals surface area (Å²) in [7, 11) is -4.22. The van der Waals surface area contributed by atoms with E-state index in [2.05, 4.69) is 4.72 Å². The molecular weight excluding hydrogens is 230 g/mol. The standard InChI is InChI=1S/C10H9NO3S.H2O/c12-15(13,14)11-10-7-3-5-8-4-1-2-6-9(8)10;/h1-7,11H,(H,12,13,14);1H2. The normalized spacial score (nSPS) is 10.8. The first-order valence-corrected chi connectivity index (χ1v) is 5.73. The highest BCUT2D eigenvalue weighted by molar-refractivity contribution is 7.87. The van der Waals surface area contributed by atoms with Crippen LogP contribution < -0.4 is 4.72 Å². The van der Waals surface area contributed by atoms with Crippen LogP contribution in [0.3, 0.4) is 0 Å². The molecule has 0 unspecified atom stereocenters. The summed E-state index contributed by atoms with van der Waals surface area (Å²) in [4.78, 5) is 0. The Morgan fingerprint density at radius 2 is 1.62 bits per heavy atom. The highest BCUT2D eigenvalue weighted by atomic mass is 32.2. The Hall–Kier alpha value is -1.63. The molecule has 0 saturated heterocycles. The summed E-state index contributed by atoms with van der Waals surface area (Å²) in [6.07, 6.45) is 0. The molecule has 0 amide bonds. The number of benzene rings is 2. The number of hydrogen-bond donors (Lipinski definition) is 2. The summed E-state index contributed by atoms with van der Waals surface area (Å²) in [5.74, 6) is 0. The Balaban J connectivity index is 0.00000128. The lowest BCUT2D eigenvalue weighted by Gasteiger charge is -2.06. The van der Waals surface area contributed by atoms with E-state index in [0.717, 1.165) is 10.8 Å². The predicted octanol–water partition coefficient (Wildman–Crippen LogP) is 1.23. The van der Waals surface area contributed by atoms with E-state index in [-0.39, 0.29) is 5.48 Å². The maximum Gasteiger partial charge on any atom is 0.357 e. The molecule has 0 radical (unpaired) electrons. The Kier molecular flexibility index (Phi) is 3.48. The molecular formula is C10H11NO4S. The van der Waals surface area contributed by atoms with Crippen molar-refractivity contribution in [2.45, 2.75) is 0 Å². The third kappa shape index (κ3) is 2.69. The Bertz CT molecular complexity index is 589. The van der Waals surface area contributed by atoms with Crippen molar-refractivity contribution in [1.29, 1.82) is 0 Å². The van der Waals surface area contributed by atoms with Crippen molar-refractivity contribution in [3.63, 3.8) is 0 Å². The SMILES string of the molecule is O.O=S(=O)(O)Nc1cccc2ccccc12. The van der Waals surface area contributed by atoms with Crippen LogP contribution in [0.2, 0.25) is 0 Å². The van der Waals surface area contributed by atoms with Gasteiger partial charge in [0.05, 0.1) is 5.69 Å². The molecule has 0 aliphatic carbocycles. The summed E-state index contributed by atoms with van der Waals surface area (Å²) >= 11 is 0. The van der Waals surface area contributed by atoms with Gasteiger partial charge in [0, 0.05) is 5.39 Å². The first-order chi connectivity index (χ1) is 7.06. The monoisotopic (exact) mass is 241 g/mol. The van der Waals surface area contributed by atoms with Gasteiger partial charge in [-0.25, -0.2) is 0 Å². The zero-order chi connectivity index (χ0) is 10.9. The van der Waals surface area contributed by atoms with Gasteiger partial charge < -0.3 is 5.48 Å². The van der Waals surface area contributed by atoms with Gasteiger partial charge in [-0.05, 0) is 11.5 Å². The number of fused-ring (bicyclic) bond motifs is 1. The van der Waals surface area contributed by atoms with E-state index in [1.54, 1.807) is 24.3 Å². The predicted molar refractivity (Wildman–Crippen MR) is 62.7 cm³/mol. The summed E-state index contributed by atoms with van der Waals surface area (Å²) in [6, 6.07) is 12.5. The quantitative estimate of drug-likeness (QED) is 0.773. The van der Waals surface area contributed by atoms with Crippen LogP contribution in [0.5, 0.6) is 0 Å². The first-order valence-electron chi connectivity index (χ1n) is 4.29. The molecule has 2 aromatic rings. The average molecular weight is 241 g/mol. The third-order valence-corrected chi connectivity index (χ3v) is 2.51. The largest absolute Gasteiger partial charge is 0.412 e. The average Bonchev–Trinajstić information content (AvgIpc) is 2.16. The zero-order valence-corrected chi connectivity index (χ0v) is 9.03. The summed E-state index contributed by atoms with van der Waals surface area (Å²) < 4.78 is 32.1. The van der Waals surface area contributed by atoms with Gasteiger partial charge in [-0.1, -0.05) is 36.4 Å². The van der Waals surface area contributed by atoms with Crippen LogP contribution in [0, 0.1) is 0 Å². The van der Waals surface area contributed by atoms with Crippen LogP contribution >= 0.6 is 0 Å². The summed E-state index contributed by atoms with van der Waals surface area (Å²) in [5, 5.41) is 1.66. The summed E-state index contributed by atoms with van der Waals surface area (Å²) in [5.41, 5.74) is 0.371. The van der Waals surface area contributed by atoms with Crippen molar-refractivity contribution in [1.82, 2.24) is 0 Å². The van der Waals surface area contributed by atoms with Crippen LogP contribution in [0.4, 0.5) is 5.69 Å². The van der Waals surface area contributed by atoms with Crippen molar-refractivity contribution in [2.75, 3.05) is 4.72 Å². The van der Waals surface area contributed by atoms with Gasteiger partial charge in [0.2, 0.25) is 0 Å². The van der Waals surface area contributed by atoms with Crippen LogP contribution in [-0.4, -0.2) is 18.4 Å². The molecule has 0 aromatic heterocycles. The Morgan fingerprint density at radius 3 is 2.31 bits per heavy atom. The van der Waals surface area contributed by atoms with Crippen molar-refractivity contribution in [2.24, 2.45) is 0 Å². The fourth-order valence-corrected chi connectivity index (χ4v) is 1.91. The van der Waals surface area contributed by atoms with Crippen LogP contribution in [-0.2, 0) is 10.3 Å². The minimum atomic E-state index is -4.22. The molecule has 0 saturated carbocycles. The fraction of sp³-hybridized carbons (Fsp3) is 0.